The smallest absolute Gasteiger partial charge is 0.241 e. The molecule has 3 N–H and O–H groups in total. The van der Waals surface area contributed by atoms with Crippen LogP contribution in [-0.2, 0) is 4.79 Å². The molecule has 4 heteroatoms. The minimum Gasteiger partial charge on any atom is -0.508 e. The van der Waals surface area contributed by atoms with E-state index in [1.54, 1.807) is 0 Å². The fourth-order valence-electron chi connectivity index (χ4n) is 0.831. The summed E-state index contributed by atoms with van der Waals surface area (Å²) in [7, 11) is 0. The van der Waals surface area contributed by atoms with Gasteiger partial charge in [-0.05, 0) is 24.3 Å². The van der Waals surface area contributed by atoms with Crippen molar-refractivity contribution in [1.29, 1.82) is 0 Å². The molecule has 0 radical (unpaired) electrons. The highest BCUT2D eigenvalue weighted by Crippen LogP contribution is 2.16. The van der Waals surface area contributed by atoms with Crippen molar-refractivity contribution in [3.63, 3.8) is 0 Å². The van der Waals surface area contributed by atoms with E-state index in [0.29, 0.717) is 0 Å². The molecule has 0 fully saturated rings. The SMILES string of the molecule is NC(=O)C=Cc1cc(O)ccc1F. The van der Waals surface area contributed by atoms with Gasteiger partial charge >= 0.3 is 0 Å². The van der Waals surface area contributed by atoms with Gasteiger partial charge in [0.25, 0.3) is 0 Å². The zero-order valence-corrected chi connectivity index (χ0v) is 6.70. The van der Waals surface area contributed by atoms with Crippen LogP contribution in [0, 0.1) is 5.82 Å². The van der Waals surface area contributed by atoms with Crippen LogP contribution in [0.25, 0.3) is 6.08 Å². The molecule has 0 aromatic heterocycles. The summed E-state index contributed by atoms with van der Waals surface area (Å²) in [5.74, 6) is -1.25. The second-order valence-electron chi connectivity index (χ2n) is 2.44. The van der Waals surface area contributed by atoms with E-state index >= 15 is 0 Å². The Morgan fingerprint density at radius 3 is 2.85 bits per heavy atom. The first-order valence-corrected chi connectivity index (χ1v) is 3.55. The van der Waals surface area contributed by atoms with E-state index in [1.807, 2.05) is 0 Å². The number of rotatable bonds is 2. The van der Waals surface area contributed by atoms with E-state index in [9.17, 15) is 9.18 Å². The van der Waals surface area contributed by atoms with Crippen molar-refractivity contribution < 1.29 is 14.3 Å². The Hall–Kier alpha value is -1.84. The minimum atomic E-state index is -0.664. The molecule has 1 amide bonds. The molecule has 0 heterocycles. The third kappa shape index (κ3) is 2.59. The number of halogens is 1. The Labute approximate surface area is 74.3 Å². The number of phenolic OH excluding ortho intramolecular Hbond substituents is 1. The van der Waals surface area contributed by atoms with Crippen molar-refractivity contribution in [3.8, 4) is 5.75 Å². The molecule has 0 saturated carbocycles. The van der Waals surface area contributed by atoms with Gasteiger partial charge in [-0.3, -0.25) is 4.79 Å². The van der Waals surface area contributed by atoms with Crippen LogP contribution < -0.4 is 5.73 Å². The molecule has 0 unspecified atom stereocenters. The molecule has 1 aromatic carbocycles. The van der Waals surface area contributed by atoms with Crippen LogP contribution in [0.4, 0.5) is 4.39 Å². The second kappa shape index (κ2) is 3.71. The molecule has 0 aliphatic rings. The van der Waals surface area contributed by atoms with Gasteiger partial charge in [-0.2, -0.15) is 0 Å². The number of amides is 1. The lowest BCUT2D eigenvalue weighted by atomic mass is 10.2. The average molecular weight is 181 g/mol. The predicted molar refractivity (Wildman–Crippen MR) is 46.3 cm³/mol. The molecule has 0 spiro atoms. The molecule has 68 valence electrons. The van der Waals surface area contributed by atoms with Crippen LogP contribution in [0.15, 0.2) is 24.3 Å². The topological polar surface area (TPSA) is 63.3 Å². The molecule has 0 aliphatic carbocycles. The number of primary amides is 1. The van der Waals surface area contributed by atoms with Crippen LogP contribution in [0.3, 0.4) is 0 Å². The Morgan fingerprint density at radius 2 is 2.23 bits per heavy atom. The molecule has 1 aromatic rings. The quantitative estimate of drug-likeness (QED) is 0.669. The van der Waals surface area contributed by atoms with E-state index in [2.05, 4.69) is 0 Å². The van der Waals surface area contributed by atoms with Crippen LogP contribution in [-0.4, -0.2) is 11.0 Å². The number of carbonyl (C=O) groups is 1. The summed E-state index contributed by atoms with van der Waals surface area (Å²) in [5, 5.41) is 8.99. The van der Waals surface area contributed by atoms with E-state index in [4.69, 9.17) is 10.8 Å². The van der Waals surface area contributed by atoms with Gasteiger partial charge in [0.2, 0.25) is 5.91 Å². The van der Waals surface area contributed by atoms with Gasteiger partial charge in [0, 0.05) is 11.6 Å². The van der Waals surface area contributed by atoms with Crippen LogP contribution in [0.5, 0.6) is 5.75 Å². The highest BCUT2D eigenvalue weighted by molar-refractivity contribution is 5.90. The molecule has 0 atom stereocenters. The van der Waals surface area contributed by atoms with Crippen molar-refractivity contribution >= 4 is 12.0 Å². The zero-order chi connectivity index (χ0) is 9.84. The number of aromatic hydroxyl groups is 1. The molecule has 0 saturated heterocycles. The molecule has 3 nitrogen and oxygen atoms in total. The largest absolute Gasteiger partial charge is 0.508 e. The standard InChI is InChI=1S/C9H8FNO2/c10-8-3-2-7(12)5-6(8)1-4-9(11)13/h1-5,12H,(H2,11,13). The van der Waals surface area contributed by atoms with Gasteiger partial charge in [0.1, 0.15) is 11.6 Å². The Morgan fingerprint density at radius 1 is 1.54 bits per heavy atom. The zero-order valence-electron chi connectivity index (χ0n) is 6.70. The maximum Gasteiger partial charge on any atom is 0.241 e. The number of nitrogens with two attached hydrogens (primary N) is 1. The van der Waals surface area contributed by atoms with Crippen LogP contribution in [0.1, 0.15) is 5.56 Å². The monoisotopic (exact) mass is 181 g/mol. The average Bonchev–Trinajstić information content (AvgIpc) is 2.06. The first-order chi connectivity index (χ1) is 6.09. The Kier molecular flexibility index (Phi) is 2.64. The molecule has 13 heavy (non-hydrogen) atoms. The first-order valence-electron chi connectivity index (χ1n) is 3.55. The summed E-state index contributed by atoms with van der Waals surface area (Å²) in [6.07, 6.45) is 2.23. The Balaban J connectivity index is 3.00. The summed E-state index contributed by atoms with van der Waals surface area (Å²) in [6, 6.07) is 3.53. The van der Waals surface area contributed by atoms with Crippen molar-refractivity contribution in [2.75, 3.05) is 0 Å². The fourth-order valence-corrected chi connectivity index (χ4v) is 0.831. The fraction of sp³-hybridized carbons (Fsp3) is 0. The van der Waals surface area contributed by atoms with Crippen molar-refractivity contribution in [1.82, 2.24) is 0 Å². The lowest BCUT2D eigenvalue weighted by Gasteiger charge is -1.96. The van der Waals surface area contributed by atoms with Gasteiger partial charge in [-0.25, -0.2) is 4.39 Å². The van der Waals surface area contributed by atoms with Gasteiger partial charge < -0.3 is 10.8 Å². The summed E-state index contributed by atoms with van der Waals surface area (Å²) in [6.45, 7) is 0. The van der Waals surface area contributed by atoms with E-state index in [-0.39, 0.29) is 11.3 Å². The number of hydrogen-bond acceptors (Lipinski definition) is 2. The van der Waals surface area contributed by atoms with Crippen LogP contribution >= 0.6 is 0 Å². The number of carbonyl (C=O) groups excluding carboxylic acids is 1. The van der Waals surface area contributed by atoms with E-state index in [0.717, 1.165) is 12.1 Å². The van der Waals surface area contributed by atoms with Gasteiger partial charge in [-0.15, -0.1) is 0 Å². The Bertz CT molecular complexity index is 361. The van der Waals surface area contributed by atoms with Gasteiger partial charge in [-0.1, -0.05) is 0 Å². The second-order valence-corrected chi connectivity index (χ2v) is 2.44. The molecule has 0 bridgehead atoms. The van der Waals surface area contributed by atoms with E-state index < -0.39 is 11.7 Å². The normalized spacial score (nSPS) is 10.5. The minimum absolute atomic E-state index is 0.0643. The maximum absolute atomic E-state index is 12.9. The predicted octanol–water partition coefficient (Wildman–Crippen LogP) is 1.03. The van der Waals surface area contributed by atoms with E-state index in [1.165, 1.54) is 18.2 Å². The van der Waals surface area contributed by atoms with Crippen molar-refractivity contribution in [3.05, 3.63) is 35.7 Å². The highest BCUT2D eigenvalue weighted by atomic mass is 19.1. The third-order valence-electron chi connectivity index (χ3n) is 1.41. The number of phenols is 1. The molecular weight excluding hydrogens is 173 g/mol. The van der Waals surface area contributed by atoms with Crippen molar-refractivity contribution in [2.45, 2.75) is 0 Å². The molecular formula is C9H8FNO2. The van der Waals surface area contributed by atoms with Crippen LogP contribution in [0.2, 0.25) is 0 Å². The first kappa shape index (κ1) is 9.25. The van der Waals surface area contributed by atoms with Crippen molar-refractivity contribution in [2.24, 2.45) is 5.73 Å². The van der Waals surface area contributed by atoms with Gasteiger partial charge in [0.05, 0.1) is 0 Å². The molecule has 0 aliphatic heterocycles. The lowest BCUT2D eigenvalue weighted by Crippen LogP contribution is -2.05. The summed E-state index contributed by atoms with van der Waals surface area (Å²) >= 11 is 0. The summed E-state index contributed by atoms with van der Waals surface area (Å²) in [4.78, 5) is 10.3. The number of hydrogen-bond donors (Lipinski definition) is 2. The third-order valence-corrected chi connectivity index (χ3v) is 1.41. The van der Waals surface area contributed by atoms with Gasteiger partial charge in [0.15, 0.2) is 0 Å². The maximum atomic E-state index is 12.9. The number of benzene rings is 1. The molecule has 1 rings (SSSR count). The highest BCUT2D eigenvalue weighted by Gasteiger charge is 1.99. The lowest BCUT2D eigenvalue weighted by molar-refractivity contribution is -0.113. The summed E-state index contributed by atoms with van der Waals surface area (Å²) < 4.78 is 12.9. The summed E-state index contributed by atoms with van der Waals surface area (Å²) in [5.41, 5.74) is 4.94.